The summed E-state index contributed by atoms with van der Waals surface area (Å²) in [5, 5.41) is 21.4. The molecule has 1 aliphatic rings. The van der Waals surface area contributed by atoms with Gasteiger partial charge in [0.1, 0.15) is 17.3 Å². The Balaban J connectivity index is 2.03. The molecule has 2 heterocycles. The van der Waals surface area contributed by atoms with Crippen molar-refractivity contribution in [3.63, 3.8) is 0 Å². The number of hydrogen-bond acceptors (Lipinski definition) is 7. The molecule has 2 N–H and O–H groups in total. The van der Waals surface area contributed by atoms with Crippen molar-refractivity contribution in [2.45, 2.75) is 26.3 Å². The third-order valence-corrected chi connectivity index (χ3v) is 5.77. The lowest BCUT2D eigenvalue weighted by molar-refractivity contribution is -0.140. The number of aromatic nitrogens is 1. The Bertz CT molecular complexity index is 1000. The van der Waals surface area contributed by atoms with Gasteiger partial charge in [0.05, 0.1) is 24.3 Å². The lowest BCUT2D eigenvalue weighted by Crippen LogP contribution is -2.33. The van der Waals surface area contributed by atoms with Gasteiger partial charge >= 0.3 is 0 Å². The Morgan fingerprint density at radius 2 is 1.97 bits per heavy atom. The number of aromatic hydroxyl groups is 1. The molecule has 0 saturated carbocycles. The maximum Gasteiger partial charge on any atom is 0.295 e. The summed E-state index contributed by atoms with van der Waals surface area (Å²) >= 11 is 0. The van der Waals surface area contributed by atoms with Crippen LogP contribution >= 0.6 is 0 Å². The second-order valence-corrected chi connectivity index (χ2v) is 7.54. The zero-order valence-electron chi connectivity index (χ0n) is 18.6. The van der Waals surface area contributed by atoms with Crippen molar-refractivity contribution in [2.24, 2.45) is 0 Å². The largest absolute Gasteiger partial charge is 0.507 e. The van der Waals surface area contributed by atoms with Crippen LogP contribution in [-0.2, 0) is 9.59 Å². The van der Waals surface area contributed by atoms with Crippen molar-refractivity contribution < 1.29 is 24.5 Å². The second-order valence-electron chi connectivity index (χ2n) is 7.54. The number of carbonyl (C=O) groups is 2. The number of carbonyl (C=O) groups excluding carboxylic acids is 2. The number of aliphatic hydroxyl groups excluding tert-OH is 1. The highest BCUT2D eigenvalue weighted by molar-refractivity contribution is 6.46. The number of ether oxygens (including phenoxy) is 1. The molecule has 0 spiro atoms. The van der Waals surface area contributed by atoms with Crippen LogP contribution in [0.3, 0.4) is 0 Å². The molecule has 1 fully saturated rings. The molecule has 8 nitrogen and oxygen atoms in total. The molecule has 1 aromatic heterocycles. The quantitative estimate of drug-likeness (QED) is 0.352. The molecule has 1 aliphatic heterocycles. The number of methoxy groups -OCH3 is 1. The Morgan fingerprint density at radius 1 is 1.22 bits per heavy atom. The van der Waals surface area contributed by atoms with Crippen LogP contribution in [0.25, 0.3) is 5.76 Å². The van der Waals surface area contributed by atoms with Gasteiger partial charge in [-0.05, 0) is 49.8 Å². The van der Waals surface area contributed by atoms with Crippen LogP contribution < -0.4 is 4.74 Å². The fourth-order valence-corrected chi connectivity index (χ4v) is 3.98. The fourth-order valence-electron chi connectivity index (χ4n) is 3.98. The number of rotatable bonds is 9. The number of Topliss-reactive ketones (excluding diaryl/α,β-unsaturated/α-hetero) is 1. The molecule has 1 amide bonds. The Labute approximate surface area is 187 Å². The molecule has 0 aliphatic carbocycles. The first-order valence-electron chi connectivity index (χ1n) is 10.7. The number of likely N-dealkylation sites (tertiary alicyclic amines) is 1. The third-order valence-electron chi connectivity index (χ3n) is 5.77. The Kier molecular flexibility index (Phi) is 7.48. The molecule has 170 valence electrons. The number of benzene rings is 1. The first kappa shape index (κ1) is 23.3. The van der Waals surface area contributed by atoms with E-state index in [9.17, 15) is 19.8 Å². The summed E-state index contributed by atoms with van der Waals surface area (Å²) < 4.78 is 5.08. The van der Waals surface area contributed by atoms with Crippen molar-refractivity contribution in [3.8, 4) is 11.5 Å². The van der Waals surface area contributed by atoms with Crippen LogP contribution in [0.15, 0.2) is 48.3 Å². The molecule has 2 aromatic rings. The van der Waals surface area contributed by atoms with E-state index in [0.717, 1.165) is 19.6 Å². The minimum absolute atomic E-state index is 0.0563. The molecule has 8 heteroatoms. The van der Waals surface area contributed by atoms with Gasteiger partial charge in [0.2, 0.25) is 0 Å². The zero-order chi connectivity index (χ0) is 23.3. The maximum atomic E-state index is 13.0. The van der Waals surface area contributed by atoms with Crippen molar-refractivity contribution in [2.75, 3.05) is 33.3 Å². The summed E-state index contributed by atoms with van der Waals surface area (Å²) in [6.45, 7) is 7.09. The summed E-state index contributed by atoms with van der Waals surface area (Å²) in [5.41, 5.74) is 0.608. The number of aliphatic hydroxyl groups is 1. The molecule has 0 radical (unpaired) electrons. The van der Waals surface area contributed by atoms with E-state index >= 15 is 0 Å². The smallest absolute Gasteiger partial charge is 0.295 e. The molecule has 3 rings (SSSR count). The summed E-state index contributed by atoms with van der Waals surface area (Å²) in [6, 6.07) is 7.06. The predicted octanol–water partition coefficient (Wildman–Crippen LogP) is 2.95. The lowest BCUT2D eigenvalue weighted by atomic mass is 9.96. The van der Waals surface area contributed by atoms with Gasteiger partial charge < -0.3 is 24.7 Å². The highest BCUT2D eigenvalue weighted by atomic mass is 16.5. The average Bonchev–Trinajstić information content (AvgIpc) is 3.06. The summed E-state index contributed by atoms with van der Waals surface area (Å²) in [7, 11) is 1.46. The molecule has 1 aromatic carbocycles. The highest BCUT2D eigenvalue weighted by Crippen LogP contribution is 2.41. The molecule has 0 bridgehead atoms. The standard InChI is InChI=1S/C24H29N3O5/c1-4-26(5-2)12-7-13-27-21(16-8-6-11-25-15-16)20(23(30)24(27)31)22(29)18-10-9-17(32-3)14-19(18)28/h6,8-11,14-15,21,28-29H,4-5,7,12-13H2,1-3H3/t21-/m1/s1. The van der Waals surface area contributed by atoms with Crippen molar-refractivity contribution in [1.82, 2.24) is 14.8 Å². The summed E-state index contributed by atoms with van der Waals surface area (Å²) in [4.78, 5) is 33.8. The molecule has 1 saturated heterocycles. The maximum absolute atomic E-state index is 13.0. The minimum atomic E-state index is -0.790. The van der Waals surface area contributed by atoms with Crippen LogP contribution in [0.1, 0.15) is 37.4 Å². The van der Waals surface area contributed by atoms with Crippen molar-refractivity contribution in [1.29, 1.82) is 0 Å². The predicted molar refractivity (Wildman–Crippen MR) is 120 cm³/mol. The first-order chi connectivity index (χ1) is 15.4. The van der Waals surface area contributed by atoms with Gasteiger partial charge in [-0.2, -0.15) is 0 Å². The van der Waals surface area contributed by atoms with E-state index in [1.807, 2.05) is 0 Å². The van der Waals surface area contributed by atoms with Gasteiger partial charge in [-0.15, -0.1) is 0 Å². The van der Waals surface area contributed by atoms with Gasteiger partial charge in [-0.25, -0.2) is 0 Å². The second kappa shape index (κ2) is 10.3. The first-order valence-corrected chi connectivity index (χ1v) is 10.7. The van der Waals surface area contributed by atoms with E-state index in [4.69, 9.17) is 4.74 Å². The number of amides is 1. The van der Waals surface area contributed by atoms with Crippen LogP contribution in [0.2, 0.25) is 0 Å². The van der Waals surface area contributed by atoms with Crippen LogP contribution in [0.5, 0.6) is 11.5 Å². The number of pyridine rings is 1. The van der Waals surface area contributed by atoms with Gasteiger partial charge in [-0.1, -0.05) is 19.9 Å². The Morgan fingerprint density at radius 3 is 2.56 bits per heavy atom. The number of hydrogen-bond donors (Lipinski definition) is 2. The van der Waals surface area contributed by atoms with Crippen molar-refractivity contribution in [3.05, 3.63) is 59.4 Å². The van der Waals surface area contributed by atoms with Crippen LogP contribution in [0, 0.1) is 0 Å². The average molecular weight is 440 g/mol. The number of phenolic OH excluding ortho intramolecular Hbond substituents is 1. The molecular weight excluding hydrogens is 410 g/mol. The lowest BCUT2D eigenvalue weighted by Gasteiger charge is -2.26. The van der Waals surface area contributed by atoms with E-state index in [1.54, 1.807) is 30.6 Å². The highest BCUT2D eigenvalue weighted by Gasteiger charge is 2.46. The van der Waals surface area contributed by atoms with Gasteiger partial charge in [-0.3, -0.25) is 14.6 Å². The fraction of sp³-hybridized carbons (Fsp3) is 0.375. The zero-order valence-corrected chi connectivity index (χ0v) is 18.6. The molecule has 1 atom stereocenters. The SMILES string of the molecule is CCN(CC)CCCN1C(=O)C(=O)C(=C(O)c2ccc(OC)cc2O)[C@H]1c1cccnc1. The third kappa shape index (κ3) is 4.60. The van der Waals surface area contributed by atoms with Crippen molar-refractivity contribution >= 4 is 17.4 Å². The number of phenols is 1. The molecule has 32 heavy (non-hydrogen) atoms. The summed E-state index contributed by atoms with van der Waals surface area (Å²) in [5.74, 6) is -1.73. The number of ketones is 1. The topological polar surface area (TPSA) is 103 Å². The van der Waals surface area contributed by atoms with Crippen LogP contribution in [0.4, 0.5) is 0 Å². The van der Waals surface area contributed by atoms with Gasteiger partial charge in [0, 0.05) is 25.0 Å². The molecular formula is C24H29N3O5. The van der Waals surface area contributed by atoms with E-state index in [0.29, 0.717) is 24.3 Å². The van der Waals surface area contributed by atoms with Gasteiger partial charge in [0.15, 0.2) is 0 Å². The Hall–Kier alpha value is -3.39. The van der Waals surface area contributed by atoms with E-state index in [1.165, 1.54) is 24.1 Å². The number of nitrogens with zero attached hydrogens (tertiary/aromatic N) is 3. The normalized spacial score (nSPS) is 17.9. The van der Waals surface area contributed by atoms with Crippen LogP contribution in [-0.4, -0.2) is 70.0 Å². The van der Waals surface area contributed by atoms with E-state index < -0.39 is 23.5 Å². The minimum Gasteiger partial charge on any atom is -0.507 e. The van der Waals surface area contributed by atoms with Gasteiger partial charge in [0.25, 0.3) is 11.7 Å². The van der Waals surface area contributed by atoms with E-state index in [-0.39, 0.29) is 16.9 Å². The summed E-state index contributed by atoms with van der Waals surface area (Å²) in [6.07, 6.45) is 3.86. The molecule has 0 unspecified atom stereocenters. The monoisotopic (exact) mass is 439 g/mol. The van der Waals surface area contributed by atoms with E-state index in [2.05, 4.69) is 23.7 Å².